The number of carbonyl (C=O) groups is 1. The first-order valence-corrected chi connectivity index (χ1v) is 5.91. The highest BCUT2D eigenvalue weighted by molar-refractivity contribution is 8.05. The summed E-state index contributed by atoms with van der Waals surface area (Å²) >= 11 is -0.838. The quantitative estimate of drug-likeness (QED) is 0.571. The molecule has 0 aromatic heterocycles. The van der Waals surface area contributed by atoms with Gasteiger partial charge in [0.1, 0.15) is 24.9 Å². The number of carbonyl (C=O) groups excluding carboxylic acids is 1. The molecule has 1 amide bonds. The van der Waals surface area contributed by atoms with Crippen LogP contribution in [0.15, 0.2) is 0 Å². The van der Waals surface area contributed by atoms with E-state index in [1.54, 1.807) is 0 Å². The number of hydrogen-bond donors (Lipinski definition) is 1. The highest BCUT2D eigenvalue weighted by atomic mass is 32.2. The van der Waals surface area contributed by atoms with Crippen LogP contribution in [0.4, 0.5) is 4.79 Å². The van der Waals surface area contributed by atoms with Crippen LogP contribution in [0.25, 0.3) is 0 Å². The van der Waals surface area contributed by atoms with Crippen molar-refractivity contribution in [3.8, 4) is 0 Å². The Kier molecular flexibility index (Phi) is 2.03. The van der Waals surface area contributed by atoms with E-state index >= 15 is 0 Å². The van der Waals surface area contributed by atoms with Gasteiger partial charge in [-0.2, -0.15) is 0 Å². The van der Waals surface area contributed by atoms with E-state index in [1.165, 1.54) is 4.90 Å². The van der Waals surface area contributed by atoms with Crippen molar-refractivity contribution in [1.29, 1.82) is 0 Å². The zero-order chi connectivity index (χ0) is 10.6. The van der Waals surface area contributed by atoms with Crippen LogP contribution in [-0.4, -0.2) is 59.5 Å². The molecule has 3 heterocycles. The number of rotatable bonds is 0. The molecular formula is C8H11NO5S. The van der Waals surface area contributed by atoms with Crippen LogP contribution in [0.2, 0.25) is 0 Å². The molecule has 0 aromatic rings. The van der Waals surface area contributed by atoms with Gasteiger partial charge in [0, 0.05) is 0 Å². The summed E-state index contributed by atoms with van der Waals surface area (Å²) in [4.78, 5) is 12.8. The molecule has 1 N–H and O–H groups in total. The number of amides is 1. The zero-order valence-corrected chi connectivity index (χ0v) is 8.68. The summed E-state index contributed by atoms with van der Waals surface area (Å²) in [5.41, 5.74) is 0. The molecule has 15 heavy (non-hydrogen) atoms. The van der Waals surface area contributed by atoms with Gasteiger partial charge < -0.3 is 9.84 Å². The summed E-state index contributed by atoms with van der Waals surface area (Å²) in [5, 5.41) is 9.78. The number of piperidine rings is 1. The summed E-state index contributed by atoms with van der Waals surface area (Å²) in [5.74, 6) is 3.66. The monoisotopic (exact) mass is 233 g/mol. The lowest BCUT2D eigenvalue weighted by atomic mass is 9.95. The summed E-state index contributed by atoms with van der Waals surface area (Å²) in [6, 6.07) is -0.148. The summed E-state index contributed by atoms with van der Waals surface area (Å²) in [7, 11) is 0. The molecule has 3 rings (SSSR count). The summed E-state index contributed by atoms with van der Waals surface area (Å²) < 4.78 is 15.7. The normalized spacial score (nSPS) is 48.7. The van der Waals surface area contributed by atoms with Crippen LogP contribution in [0, 0.1) is 0 Å². The van der Waals surface area contributed by atoms with Crippen molar-refractivity contribution in [2.24, 2.45) is 0 Å². The first kappa shape index (κ1) is 9.59. The van der Waals surface area contributed by atoms with Crippen LogP contribution >= 0.6 is 11.0 Å². The SMILES string of the molecule is C=S1O[C@@H]2[C@H](O1)[C@@H](O)CN1C(=O)OC[C@H]21. The smallest absolute Gasteiger partial charge is 0.410 e. The van der Waals surface area contributed by atoms with Crippen molar-refractivity contribution < 1.29 is 23.0 Å². The van der Waals surface area contributed by atoms with Crippen LogP contribution in [0.3, 0.4) is 0 Å². The van der Waals surface area contributed by atoms with Gasteiger partial charge in [0.25, 0.3) is 0 Å². The van der Waals surface area contributed by atoms with Gasteiger partial charge in [-0.15, -0.1) is 0 Å². The largest absolute Gasteiger partial charge is 0.447 e. The molecule has 6 nitrogen and oxygen atoms in total. The number of hydrogen-bond acceptors (Lipinski definition) is 5. The van der Waals surface area contributed by atoms with Gasteiger partial charge in [-0.25, -0.2) is 4.79 Å². The Labute approximate surface area is 89.0 Å². The Balaban J connectivity index is 1.90. The van der Waals surface area contributed by atoms with E-state index in [0.717, 1.165) is 0 Å². The van der Waals surface area contributed by atoms with Gasteiger partial charge in [0.2, 0.25) is 0 Å². The highest BCUT2D eigenvalue weighted by Crippen LogP contribution is 2.40. The second-order valence-electron chi connectivity index (χ2n) is 3.79. The molecule has 3 aliphatic heterocycles. The predicted octanol–water partition coefficient (Wildman–Crippen LogP) is -0.503. The molecule has 1 unspecified atom stereocenters. The van der Waals surface area contributed by atoms with Crippen LogP contribution < -0.4 is 0 Å². The fourth-order valence-electron chi connectivity index (χ4n) is 2.20. The fourth-order valence-corrected chi connectivity index (χ4v) is 3.22. The number of ether oxygens (including phenoxy) is 1. The average Bonchev–Trinajstić information content (AvgIpc) is 2.71. The lowest BCUT2D eigenvalue weighted by Gasteiger charge is -2.36. The number of cyclic esters (lactones) is 1. The van der Waals surface area contributed by atoms with E-state index in [9.17, 15) is 9.90 Å². The van der Waals surface area contributed by atoms with Crippen molar-refractivity contribution in [3.05, 3.63) is 0 Å². The van der Waals surface area contributed by atoms with Crippen molar-refractivity contribution >= 4 is 23.0 Å². The van der Waals surface area contributed by atoms with E-state index in [2.05, 4.69) is 5.87 Å². The number of nitrogens with zero attached hydrogens (tertiary/aromatic N) is 1. The van der Waals surface area contributed by atoms with Gasteiger partial charge in [0.05, 0.1) is 23.6 Å². The molecule has 3 saturated heterocycles. The molecule has 7 heteroatoms. The molecule has 0 aromatic carbocycles. The molecular weight excluding hydrogens is 222 g/mol. The van der Waals surface area contributed by atoms with Crippen LogP contribution in [0.1, 0.15) is 0 Å². The molecule has 5 atom stereocenters. The molecule has 3 fully saturated rings. The van der Waals surface area contributed by atoms with Gasteiger partial charge in [-0.1, -0.05) is 0 Å². The molecule has 0 spiro atoms. The lowest BCUT2D eigenvalue weighted by Crippen LogP contribution is -2.59. The van der Waals surface area contributed by atoms with Crippen LogP contribution in [-0.2, 0) is 13.1 Å². The molecule has 0 bridgehead atoms. The molecule has 0 radical (unpaired) electrons. The number of aliphatic hydroxyl groups is 1. The first-order chi connectivity index (χ1) is 7.16. The standard InChI is InChI=1S/C8H11NO5S/c1-15-13-6-4-3-12-8(11)9(4)2-5(10)7(6)14-15/h4-7,10H,1-3H2/t4-,5+,6+,7-,15?/m1/s1. The average molecular weight is 233 g/mol. The third kappa shape index (κ3) is 1.31. The first-order valence-electron chi connectivity index (χ1n) is 4.66. The Morgan fingerprint density at radius 3 is 3.00 bits per heavy atom. The van der Waals surface area contributed by atoms with E-state index in [4.69, 9.17) is 13.1 Å². The second kappa shape index (κ2) is 3.18. The highest BCUT2D eigenvalue weighted by Gasteiger charge is 2.54. The maximum absolute atomic E-state index is 11.3. The maximum Gasteiger partial charge on any atom is 0.410 e. The Hall–Kier alpha value is -0.630. The van der Waals surface area contributed by atoms with Gasteiger partial charge in [-0.3, -0.25) is 13.3 Å². The second-order valence-corrected chi connectivity index (χ2v) is 4.78. The van der Waals surface area contributed by atoms with Crippen molar-refractivity contribution in [1.82, 2.24) is 4.90 Å². The third-order valence-electron chi connectivity index (χ3n) is 2.92. The Morgan fingerprint density at radius 1 is 1.47 bits per heavy atom. The van der Waals surface area contributed by atoms with E-state index in [0.29, 0.717) is 6.61 Å². The number of fused-ring (bicyclic) bond motifs is 3. The number of aliphatic hydroxyl groups excluding tert-OH is 1. The van der Waals surface area contributed by atoms with Crippen molar-refractivity contribution in [2.75, 3.05) is 13.2 Å². The minimum absolute atomic E-state index is 0.148. The zero-order valence-electron chi connectivity index (χ0n) is 7.87. The molecule has 0 saturated carbocycles. The molecule has 0 aliphatic carbocycles. The Morgan fingerprint density at radius 2 is 2.20 bits per heavy atom. The van der Waals surface area contributed by atoms with E-state index < -0.39 is 23.2 Å². The Bertz CT molecular complexity index is 335. The van der Waals surface area contributed by atoms with Gasteiger partial charge in [-0.05, 0) is 5.87 Å². The van der Waals surface area contributed by atoms with Crippen molar-refractivity contribution in [3.63, 3.8) is 0 Å². The van der Waals surface area contributed by atoms with Gasteiger partial charge >= 0.3 is 6.09 Å². The summed E-state index contributed by atoms with van der Waals surface area (Å²) in [6.07, 6.45) is -1.82. The van der Waals surface area contributed by atoms with E-state index in [1.807, 2.05) is 0 Å². The minimum atomic E-state index is -0.838. The van der Waals surface area contributed by atoms with E-state index in [-0.39, 0.29) is 24.8 Å². The topological polar surface area (TPSA) is 68.2 Å². The summed E-state index contributed by atoms with van der Waals surface area (Å²) in [6.45, 7) is 0.540. The predicted molar refractivity (Wildman–Crippen MR) is 52.3 cm³/mol. The maximum atomic E-state index is 11.3. The molecule has 84 valence electrons. The fraction of sp³-hybridized carbons (Fsp3) is 0.750. The lowest BCUT2D eigenvalue weighted by molar-refractivity contribution is -0.0535. The third-order valence-corrected chi connectivity index (χ3v) is 3.79. The van der Waals surface area contributed by atoms with Crippen molar-refractivity contribution in [2.45, 2.75) is 24.4 Å². The van der Waals surface area contributed by atoms with Gasteiger partial charge in [0.15, 0.2) is 0 Å². The van der Waals surface area contributed by atoms with Crippen LogP contribution in [0.5, 0.6) is 0 Å². The molecule has 3 aliphatic rings. The minimum Gasteiger partial charge on any atom is -0.447 e.